The van der Waals surface area contributed by atoms with Gasteiger partial charge in [0.15, 0.2) is 0 Å². The number of sulfone groups is 1. The van der Waals surface area contributed by atoms with E-state index < -0.39 is 27.4 Å². The smallest absolute Gasteiger partial charge is 0.231 e. The summed E-state index contributed by atoms with van der Waals surface area (Å²) in [6, 6.07) is 7.12. The summed E-state index contributed by atoms with van der Waals surface area (Å²) in [6.45, 7) is 0.377. The number of hydrogen-bond donors (Lipinski definition) is 2. The van der Waals surface area contributed by atoms with E-state index in [9.17, 15) is 22.0 Å². The van der Waals surface area contributed by atoms with Crippen molar-refractivity contribution in [3.05, 3.63) is 59.2 Å². The van der Waals surface area contributed by atoms with Gasteiger partial charge in [0.05, 0.1) is 16.3 Å². The third-order valence-corrected chi connectivity index (χ3v) is 6.43. The summed E-state index contributed by atoms with van der Waals surface area (Å²) < 4.78 is 53.8. The van der Waals surface area contributed by atoms with Crippen molar-refractivity contribution in [3.63, 3.8) is 0 Å². The summed E-state index contributed by atoms with van der Waals surface area (Å²) in [5.41, 5.74) is 6.19. The molecule has 27 heavy (non-hydrogen) atoms. The normalized spacial score (nSPS) is 16.7. The Morgan fingerprint density at radius 3 is 2.67 bits per heavy atom. The fourth-order valence-corrected chi connectivity index (χ4v) is 4.85. The average molecular weight is 394 g/mol. The molecular formula is C19H20F2N2O3S. The number of nitrogens with one attached hydrogen (secondary N) is 1. The van der Waals surface area contributed by atoms with Crippen molar-refractivity contribution in [1.29, 1.82) is 0 Å². The van der Waals surface area contributed by atoms with Crippen LogP contribution in [0.2, 0.25) is 0 Å². The summed E-state index contributed by atoms with van der Waals surface area (Å²) >= 11 is 0. The van der Waals surface area contributed by atoms with Crippen LogP contribution in [-0.2, 0) is 21.1 Å². The molecule has 8 heteroatoms. The Morgan fingerprint density at radius 2 is 1.96 bits per heavy atom. The number of primary amides is 1. The molecule has 0 fully saturated rings. The highest BCUT2D eigenvalue weighted by Gasteiger charge is 2.28. The largest absolute Gasteiger partial charge is 0.369 e. The first-order chi connectivity index (χ1) is 12.8. The summed E-state index contributed by atoms with van der Waals surface area (Å²) in [7, 11) is -4.02. The number of hydrogen-bond acceptors (Lipinski definition) is 4. The van der Waals surface area contributed by atoms with Crippen LogP contribution in [0.25, 0.3) is 0 Å². The fourth-order valence-electron chi connectivity index (χ4n) is 3.49. The van der Waals surface area contributed by atoms with E-state index in [1.54, 1.807) is 0 Å². The first-order valence-electron chi connectivity index (χ1n) is 8.61. The zero-order valence-electron chi connectivity index (χ0n) is 14.5. The van der Waals surface area contributed by atoms with Gasteiger partial charge in [-0.2, -0.15) is 0 Å². The lowest BCUT2D eigenvalue weighted by Gasteiger charge is -2.27. The molecule has 5 nitrogen and oxygen atoms in total. The third kappa shape index (κ3) is 4.17. The molecule has 144 valence electrons. The van der Waals surface area contributed by atoms with Crippen LogP contribution < -0.4 is 11.1 Å². The maximum atomic E-state index is 14.8. The highest BCUT2D eigenvalue weighted by molar-refractivity contribution is 7.91. The van der Waals surface area contributed by atoms with Crippen molar-refractivity contribution in [1.82, 2.24) is 5.32 Å². The van der Waals surface area contributed by atoms with Gasteiger partial charge in [-0.1, -0.05) is 6.07 Å². The molecule has 0 aromatic heterocycles. The van der Waals surface area contributed by atoms with Gasteiger partial charge in [-0.3, -0.25) is 4.79 Å². The Morgan fingerprint density at radius 1 is 1.19 bits per heavy atom. The predicted molar refractivity (Wildman–Crippen MR) is 96.0 cm³/mol. The molecule has 3 rings (SSSR count). The molecule has 1 atom stereocenters. The molecule has 0 radical (unpaired) electrons. The number of amides is 1. The molecule has 0 aliphatic heterocycles. The van der Waals surface area contributed by atoms with E-state index in [1.807, 2.05) is 0 Å². The van der Waals surface area contributed by atoms with Gasteiger partial charge in [-0.05, 0) is 66.6 Å². The highest BCUT2D eigenvalue weighted by atomic mass is 32.2. The molecule has 1 aliphatic carbocycles. The number of carbonyl (C=O) groups is 1. The summed E-state index contributed by atoms with van der Waals surface area (Å²) in [6.07, 6.45) is 2.07. The lowest BCUT2D eigenvalue weighted by Crippen LogP contribution is -2.32. The molecule has 0 heterocycles. The van der Waals surface area contributed by atoms with Crippen molar-refractivity contribution in [2.75, 3.05) is 13.1 Å². The van der Waals surface area contributed by atoms with Crippen molar-refractivity contribution in [3.8, 4) is 0 Å². The van der Waals surface area contributed by atoms with E-state index in [4.69, 9.17) is 5.73 Å². The van der Waals surface area contributed by atoms with Crippen LogP contribution in [0, 0.1) is 11.6 Å². The van der Waals surface area contributed by atoms with Gasteiger partial charge in [-0.15, -0.1) is 0 Å². The Hall–Kier alpha value is -2.32. The van der Waals surface area contributed by atoms with Gasteiger partial charge in [0.2, 0.25) is 15.7 Å². The summed E-state index contributed by atoms with van der Waals surface area (Å²) in [5, 5.41) is 2.90. The topological polar surface area (TPSA) is 89.3 Å². The van der Waals surface area contributed by atoms with Crippen LogP contribution in [0.15, 0.2) is 46.2 Å². The minimum absolute atomic E-state index is 0.000509. The third-order valence-electron chi connectivity index (χ3n) is 4.70. The standard InChI is InChI=1S/C19H20F2N2O3S/c20-14-5-2-6-15(8-14)27(25,26)16-7-12-3-1-4-13(10-23-11-18(22)24)19(12)17(21)9-16/h2,5-9,13,23H,1,3-4,10-11H2,(H2,22,24)/t13-/m0/s1. The van der Waals surface area contributed by atoms with Crippen molar-refractivity contribution in [2.24, 2.45) is 5.73 Å². The molecule has 0 saturated carbocycles. The van der Waals surface area contributed by atoms with Crippen LogP contribution in [0.5, 0.6) is 0 Å². The number of rotatable bonds is 6. The Labute approximate surface area is 156 Å². The van der Waals surface area contributed by atoms with Gasteiger partial charge in [0, 0.05) is 6.54 Å². The molecule has 1 aliphatic rings. The summed E-state index contributed by atoms with van der Waals surface area (Å²) in [4.78, 5) is 10.5. The van der Waals surface area contributed by atoms with Crippen molar-refractivity contribution < 1.29 is 22.0 Å². The molecule has 0 saturated heterocycles. The number of nitrogens with two attached hydrogens (primary N) is 1. The monoisotopic (exact) mass is 394 g/mol. The average Bonchev–Trinajstić information content (AvgIpc) is 2.61. The molecular weight excluding hydrogens is 374 g/mol. The van der Waals surface area contributed by atoms with Gasteiger partial charge in [0.1, 0.15) is 11.6 Å². The van der Waals surface area contributed by atoms with Crippen LogP contribution in [-0.4, -0.2) is 27.4 Å². The first-order valence-corrected chi connectivity index (χ1v) is 10.1. The van der Waals surface area contributed by atoms with Crippen molar-refractivity contribution >= 4 is 15.7 Å². The maximum Gasteiger partial charge on any atom is 0.231 e. The van der Waals surface area contributed by atoms with E-state index >= 15 is 0 Å². The zero-order chi connectivity index (χ0) is 19.6. The number of carbonyl (C=O) groups excluding carboxylic acids is 1. The van der Waals surface area contributed by atoms with Crippen LogP contribution in [0.1, 0.15) is 29.9 Å². The highest BCUT2D eigenvalue weighted by Crippen LogP contribution is 2.36. The number of fused-ring (bicyclic) bond motifs is 1. The quantitative estimate of drug-likeness (QED) is 0.787. The first kappa shape index (κ1) is 19.4. The SMILES string of the molecule is NC(=O)CNC[C@@H]1CCCc2cc(S(=O)(=O)c3cccc(F)c3)cc(F)c21. The Kier molecular flexibility index (Phi) is 5.57. The molecule has 0 spiro atoms. The second-order valence-corrected chi connectivity index (χ2v) is 8.57. The lowest BCUT2D eigenvalue weighted by molar-refractivity contribution is -0.117. The number of halogens is 2. The molecule has 3 N–H and O–H groups in total. The van der Waals surface area contributed by atoms with Gasteiger partial charge in [0.25, 0.3) is 0 Å². The predicted octanol–water partition coefficient (Wildman–Crippen LogP) is 2.29. The van der Waals surface area contributed by atoms with Gasteiger partial charge < -0.3 is 11.1 Å². The lowest BCUT2D eigenvalue weighted by atomic mass is 9.82. The molecule has 0 bridgehead atoms. The van der Waals surface area contributed by atoms with Crippen molar-refractivity contribution in [2.45, 2.75) is 35.0 Å². The van der Waals surface area contributed by atoms with Crippen LogP contribution in [0.3, 0.4) is 0 Å². The fraction of sp³-hybridized carbons (Fsp3) is 0.316. The van der Waals surface area contributed by atoms with Crippen LogP contribution >= 0.6 is 0 Å². The van der Waals surface area contributed by atoms with E-state index in [0.29, 0.717) is 24.1 Å². The number of benzene rings is 2. The molecule has 2 aromatic carbocycles. The second kappa shape index (κ2) is 7.74. The Balaban J connectivity index is 1.95. The maximum absolute atomic E-state index is 14.8. The van der Waals surface area contributed by atoms with E-state index in [2.05, 4.69) is 5.32 Å². The molecule has 1 amide bonds. The summed E-state index contributed by atoms with van der Waals surface area (Å²) in [5.74, 6) is -1.94. The molecule has 2 aromatic rings. The number of aryl methyl sites for hydroxylation is 1. The van der Waals surface area contributed by atoms with E-state index in [-0.39, 0.29) is 22.3 Å². The van der Waals surface area contributed by atoms with E-state index in [1.165, 1.54) is 18.2 Å². The molecule has 0 unspecified atom stereocenters. The van der Waals surface area contributed by atoms with Crippen LogP contribution in [0.4, 0.5) is 8.78 Å². The van der Waals surface area contributed by atoms with Gasteiger partial charge in [-0.25, -0.2) is 17.2 Å². The van der Waals surface area contributed by atoms with E-state index in [0.717, 1.165) is 31.0 Å². The minimum atomic E-state index is -4.02. The zero-order valence-corrected chi connectivity index (χ0v) is 15.4. The van der Waals surface area contributed by atoms with Gasteiger partial charge >= 0.3 is 0 Å². The second-order valence-electron chi connectivity index (χ2n) is 6.63. The minimum Gasteiger partial charge on any atom is -0.369 e. The Bertz CT molecular complexity index is 977.